The normalized spacial score (nSPS) is 21.2. The Balaban J connectivity index is 1.23. The number of benzene rings is 2. The van der Waals surface area contributed by atoms with E-state index in [-0.39, 0.29) is 5.91 Å². The van der Waals surface area contributed by atoms with Gasteiger partial charge < -0.3 is 15.5 Å². The average molecular weight is 470 g/mol. The number of likely N-dealkylation sites (tertiary alicyclic amines) is 1. The molecule has 2 fully saturated rings. The molecule has 170 valence electrons. The molecule has 2 unspecified atom stereocenters. The maximum absolute atomic E-state index is 11.6. The molecule has 8 nitrogen and oxygen atoms in total. The fraction of sp³-hybridized carbons (Fsp3) is 0.280. The summed E-state index contributed by atoms with van der Waals surface area (Å²) >= 11 is 1.52. The lowest BCUT2D eigenvalue weighted by Gasteiger charge is -2.34. The van der Waals surface area contributed by atoms with Gasteiger partial charge >= 0.3 is 0 Å². The van der Waals surface area contributed by atoms with E-state index in [1.54, 1.807) is 6.20 Å². The van der Waals surface area contributed by atoms with Gasteiger partial charge in [0.25, 0.3) is 0 Å². The van der Waals surface area contributed by atoms with Crippen molar-refractivity contribution in [3.8, 4) is 17.3 Å². The van der Waals surface area contributed by atoms with E-state index in [0.29, 0.717) is 29.3 Å². The number of carbonyl (C=O) groups excluding carboxylic acids is 1. The largest absolute Gasteiger partial charge is 0.365 e. The number of rotatable bonds is 4. The Kier molecular flexibility index (Phi) is 5.12. The van der Waals surface area contributed by atoms with Crippen LogP contribution in [0, 0.1) is 11.3 Å². The van der Waals surface area contributed by atoms with Crippen molar-refractivity contribution in [3.63, 3.8) is 0 Å². The highest BCUT2D eigenvalue weighted by atomic mass is 32.2. The fourth-order valence-corrected chi connectivity index (χ4v) is 5.90. The molecule has 2 bridgehead atoms. The first-order valence-corrected chi connectivity index (χ1v) is 12.2. The van der Waals surface area contributed by atoms with Crippen molar-refractivity contribution < 1.29 is 4.79 Å². The lowest BCUT2D eigenvalue weighted by Crippen LogP contribution is -2.44. The number of hydrogen-bond acceptors (Lipinski definition) is 8. The van der Waals surface area contributed by atoms with Crippen LogP contribution in [0.5, 0.6) is 0 Å². The van der Waals surface area contributed by atoms with E-state index in [0.717, 1.165) is 52.7 Å². The highest BCUT2D eigenvalue weighted by molar-refractivity contribution is 8.00. The van der Waals surface area contributed by atoms with E-state index in [1.165, 1.54) is 11.8 Å². The number of fused-ring (bicyclic) bond motifs is 3. The van der Waals surface area contributed by atoms with Gasteiger partial charge in [-0.25, -0.2) is 9.97 Å². The molecule has 2 aromatic carbocycles. The molecule has 3 aliphatic heterocycles. The van der Waals surface area contributed by atoms with E-state index in [2.05, 4.69) is 43.5 Å². The molecule has 3 aromatic rings. The van der Waals surface area contributed by atoms with Gasteiger partial charge in [0.2, 0.25) is 11.9 Å². The maximum atomic E-state index is 11.6. The summed E-state index contributed by atoms with van der Waals surface area (Å²) in [6.07, 6.45) is 2.88. The van der Waals surface area contributed by atoms with E-state index in [4.69, 9.17) is 0 Å². The predicted octanol–water partition coefficient (Wildman–Crippen LogP) is 3.70. The van der Waals surface area contributed by atoms with Gasteiger partial charge in [-0.05, 0) is 49.9 Å². The second kappa shape index (κ2) is 8.31. The topological polar surface area (TPSA) is 97.2 Å². The number of nitrogens with one attached hydrogen (secondary N) is 2. The number of nitrogens with zero attached hydrogens (tertiary/aromatic N) is 5. The zero-order valence-electron chi connectivity index (χ0n) is 18.7. The Bertz CT molecular complexity index is 1340. The summed E-state index contributed by atoms with van der Waals surface area (Å²) in [6, 6.07) is 17.1. The number of anilines is 4. The van der Waals surface area contributed by atoms with Gasteiger partial charge in [0.15, 0.2) is 0 Å². The van der Waals surface area contributed by atoms with Crippen LogP contribution in [-0.2, 0) is 4.79 Å². The summed E-state index contributed by atoms with van der Waals surface area (Å²) in [5.41, 5.74) is 5.01. The van der Waals surface area contributed by atoms with E-state index < -0.39 is 0 Å². The molecule has 0 spiro atoms. The standard InChI is InChI=1S/C25H23N7OS/c1-31-12-19-10-18(31)13-32(19)22-5-3-17(8-16(22)11-26)28-25-27-7-6-20(30-25)15-2-4-21-23(9-15)34-14-24(33)29-21/h2-9,18-19H,10,12-14H2,1H3,(H,29,33)(H,27,28,30). The molecule has 9 heteroatoms. The Morgan fingerprint density at radius 1 is 1.18 bits per heavy atom. The molecule has 0 saturated carbocycles. The molecule has 1 aromatic heterocycles. The first-order chi connectivity index (χ1) is 16.6. The third-order valence-corrected chi connectivity index (χ3v) is 7.82. The van der Waals surface area contributed by atoms with Crippen molar-refractivity contribution >= 4 is 40.7 Å². The van der Waals surface area contributed by atoms with Crippen molar-refractivity contribution in [3.05, 3.63) is 54.2 Å². The second-order valence-electron chi connectivity index (χ2n) is 8.92. The Hall–Kier alpha value is -3.61. The molecule has 4 heterocycles. The Morgan fingerprint density at radius 3 is 2.88 bits per heavy atom. The lowest BCUT2D eigenvalue weighted by molar-refractivity contribution is -0.113. The molecule has 0 radical (unpaired) electrons. The number of thioether (sulfide) groups is 1. The number of hydrogen-bond donors (Lipinski definition) is 2. The highest BCUT2D eigenvalue weighted by Gasteiger charge is 2.42. The molecule has 1 amide bonds. The van der Waals surface area contributed by atoms with Crippen LogP contribution in [0.25, 0.3) is 11.3 Å². The zero-order valence-corrected chi connectivity index (χ0v) is 19.5. The third-order valence-electron chi connectivity index (χ3n) is 6.76. The van der Waals surface area contributed by atoms with Gasteiger partial charge in [-0.3, -0.25) is 9.69 Å². The average Bonchev–Trinajstić information content (AvgIpc) is 3.43. The van der Waals surface area contributed by atoms with E-state index in [9.17, 15) is 10.1 Å². The van der Waals surface area contributed by atoms with Crippen LogP contribution < -0.4 is 15.5 Å². The minimum absolute atomic E-state index is 0.0195. The van der Waals surface area contributed by atoms with Gasteiger partial charge in [-0.1, -0.05) is 6.07 Å². The van der Waals surface area contributed by atoms with Crippen LogP contribution in [0.15, 0.2) is 53.6 Å². The van der Waals surface area contributed by atoms with E-state index in [1.807, 2.05) is 42.5 Å². The van der Waals surface area contributed by atoms with Crippen LogP contribution in [-0.4, -0.2) is 58.7 Å². The number of amides is 1. The van der Waals surface area contributed by atoms with Crippen molar-refractivity contribution in [2.24, 2.45) is 0 Å². The van der Waals surface area contributed by atoms with Crippen molar-refractivity contribution in [1.29, 1.82) is 5.26 Å². The van der Waals surface area contributed by atoms with Gasteiger partial charge in [0, 0.05) is 47.5 Å². The summed E-state index contributed by atoms with van der Waals surface area (Å²) in [6.45, 7) is 2.01. The molecule has 2 saturated heterocycles. The summed E-state index contributed by atoms with van der Waals surface area (Å²) < 4.78 is 0. The number of nitriles is 1. The van der Waals surface area contributed by atoms with Gasteiger partial charge in [0.05, 0.1) is 28.4 Å². The van der Waals surface area contributed by atoms with Crippen molar-refractivity contribution in [2.75, 3.05) is 41.4 Å². The number of likely N-dealkylation sites (N-methyl/N-ethyl adjacent to an activating group) is 1. The van der Waals surface area contributed by atoms with E-state index >= 15 is 0 Å². The SMILES string of the molecule is CN1CC2CC1CN2c1ccc(Nc2nccc(-c3ccc4c(c3)SCC(=O)N4)n2)cc1C#N. The minimum Gasteiger partial charge on any atom is -0.365 e. The quantitative estimate of drug-likeness (QED) is 0.597. The Morgan fingerprint density at radius 2 is 2.09 bits per heavy atom. The number of aromatic nitrogens is 2. The van der Waals surface area contributed by atoms with Crippen LogP contribution in [0.2, 0.25) is 0 Å². The monoisotopic (exact) mass is 469 g/mol. The van der Waals surface area contributed by atoms with Gasteiger partial charge in [0.1, 0.15) is 6.07 Å². The lowest BCUT2D eigenvalue weighted by atomic mass is 10.1. The third kappa shape index (κ3) is 3.75. The molecule has 2 atom stereocenters. The maximum Gasteiger partial charge on any atom is 0.234 e. The molecule has 34 heavy (non-hydrogen) atoms. The molecule has 2 N–H and O–H groups in total. The van der Waals surface area contributed by atoms with Gasteiger partial charge in [-0.2, -0.15) is 5.26 Å². The van der Waals surface area contributed by atoms with Crippen LogP contribution in [0.4, 0.5) is 23.0 Å². The molecule has 6 rings (SSSR count). The van der Waals surface area contributed by atoms with Crippen LogP contribution in [0.1, 0.15) is 12.0 Å². The smallest absolute Gasteiger partial charge is 0.234 e. The Labute approximate surface area is 202 Å². The second-order valence-corrected chi connectivity index (χ2v) is 9.93. The molecule has 3 aliphatic rings. The van der Waals surface area contributed by atoms with Crippen LogP contribution in [0.3, 0.4) is 0 Å². The zero-order chi connectivity index (χ0) is 23.2. The highest BCUT2D eigenvalue weighted by Crippen LogP contribution is 2.37. The van der Waals surface area contributed by atoms with Crippen molar-refractivity contribution in [2.45, 2.75) is 23.4 Å². The summed E-state index contributed by atoms with van der Waals surface area (Å²) in [5.74, 6) is 0.903. The number of piperazine rings is 1. The molecular formula is C25H23N7OS. The summed E-state index contributed by atoms with van der Waals surface area (Å²) in [7, 11) is 2.18. The van der Waals surface area contributed by atoms with Gasteiger partial charge in [-0.15, -0.1) is 11.8 Å². The first kappa shape index (κ1) is 21.0. The van der Waals surface area contributed by atoms with Crippen LogP contribution >= 0.6 is 11.8 Å². The fourth-order valence-electron chi connectivity index (χ4n) is 5.06. The molecular weight excluding hydrogens is 446 g/mol. The summed E-state index contributed by atoms with van der Waals surface area (Å²) in [4.78, 5) is 26.5. The summed E-state index contributed by atoms with van der Waals surface area (Å²) in [5, 5.41) is 16.0. The predicted molar refractivity (Wildman–Crippen MR) is 133 cm³/mol. The number of carbonyl (C=O) groups is 1. The molecule has 0 aliphatic carbocycles. The van der Waals surface area contributed by atoms with Crippen molar-refractivity contribution in [1.82, 2.24) is 14.9 Å². The first-order valence-electron chi connectivity index (χ1n) is 11.3. The minimum atomic E-state index is 0.0195.